The Morgan fingerprint density at radius 2 is 1.82 bits per heavy atom. The molecule has 0 bridgehead atoms. The normalized spacial score (nSPS) is 14.0. The number of nitrogens with one attached hydrogen (secondary N) is 1. The summed E-state index contributed by atoms with van der Waals surface area (Å²) in [6.07, 6.45) is 0. The molecule has 0 saturated carbocycles. The van der Waals surface area contributed by atoms with Crippen molar-refractivity contribution in [1.29, 1.82) is 0 Å². The third-order valence-corrected chi connectivity index (χ3v) is 5.60. The van der Waals surface area contributed by atoms with Crippen molar-refractivity contribution in [3.63, 3.8) is 0 Å². The summed E-state index contributed by atoms with van der Waals surface area (Å²) >= 11 is 17.7. The van der Waals surface area contributed by atoms with Crippen LogP contribution in [0, 0.1) is 0 Å². The number of ether oxygens (including phenoxy) is 1. The summed E-state index contributed by atoms with van der Waals surface area (Å²) in [5.74, 6) is -0.363. The number of halogens is 2. The van der Waals surface area contributed by atoms with E-state index >= 15 is 0 Å². The number of benzene rings is 2. The highest BCUT2D eigenvalue weighted by molar-refractivity contribution is 7.80. The number of hydrogen-bond acceptors (Lipinski definition) is 4. The van der Waals surface area contributed by atoms with Crippen LogP contribution < -0.4 is 10.2 Å². The van der Waals surface area contributed by atoms with E-state index in [4.69, 9.17) is 40.2 Å². The Labute approximate surface area is 180 Å². The Balaban J connectivity index is 1.61. The zero-order valence-electron chi connectivity index (χ0n) is 15.5. The van der Waals surface area contributed by atoms with Gasteiger partial charge in [0.05, 0.1) is 27.9 Å². The minimum atomic E-state index is -0.363. The molecular weight excluding hydrogens is 417 g/mol. The lowest BCUT2D eigenvalue weighted by Crippen LogP contribution is -2.50. The second-order valence-corrected chi connectivity index (χ2v) is 7.47. The summed E-state index contributed by atoms with van der Waals surface area (Å²) < 4.78 is 5.11. The Hall–Kier alpha value is -2.02. The van der Waals surface area contributed by atoms with Crippen molar-refractivity contribution in [2.24, 2.45) is 0 Å². The molecule has 1 fully saturated rings. The van der Waals surface area contributed by atoms with Gasteiger partial charge in [-0.3, -0.25) is 0 Å². The van der Waals surface area contributed by atoms with Crippen LogP contribution in [-0.2, 0) is 4.74 Å². The van der Waals surface area contributed by atoms with Crippen LogP contribution in [0.4, 0.5) is 11.4 Å². The number of thiocarbonyl (C=S) groups is 1. The summed E-state index contributed by atoms with van der Waals surface area (Å²) in [4.78, 5) is 16.5. The van der Waals surface area contributed by atoms with Gasteiger partial charge in [-0.1, -0.05) is 35.3 Å². The topological polar surface area (TPSA) is 44.8 Å². The van der Waals surface area contributed by atoms with Crippen molar-refractivity contribution in [2.45, 2.75) is 6.92 Å². The van der Waals surface area contributed by atoms with Crippen LogP contribution in [0.15, 0.2) is 42.5 Å². The second-order valence-electron chi connectivity index (χ2n) is 6.27. The summed E-state index contributed by atoms with van der Waals surface area (Å²) in [5, 5.41) is 4.88. The summed E-state index contributed by atoms with van der Waals surface area (Å²) in [7, 11) is 0. The van der Waals surface area contributed by atoms with Gasteiger partial charge in [0.1, 0.15) is 0 Å². The lowest BCUT2D eigenvalue weighted by atomic mass is 10.2. The molecule has 8 heteroatoms. The van der Waals surface area contributed by atoms with Gasteiger partial charge in [0.25, 0.3) is 0 Å². The molecule has 0 aromatic heterocycles. The molecule has 2 aromatic rings. The van der Waals surface area contributed by atoms with Gasteiger partial charge in [-0.2, -0.15) is 0 Å². The van der Waals surface area contributed by atoms with E-state index in [9.17, 15) is 4.79 Å². The lowest BCUT2D eigenvalue weighted by Gasteiger charge is -2.37. The van der Waals surface area contributed by atoms with Crippen LogP contribution in [0.25, 0.3) is 0 Å². The minimum absolute atomic E-state index is 0.328. The van der Waals surface area contributed by atoms with Gasteiger partial charge in [-0.15, -0.1) is 0 Å². The molecule has 1 N–H and O–H groups in total. The maximum absolute atomic E-state index is 12.1. The molecule has 1 heterocycles. The number of carbonyl (C=O) groups excluding carboxylic acids is 1. The third-order valence-electron chi connectivity index (χ3n) is 4.50. The number of piperazine rings is 1. The van der Waals surface area contributed by atoms with Gasteiger partial charge in [-0.25, -0.2) is 4.79 Å². The highest BCUT2D eigenvalue weighted by atomic mass is 35.5. The summed E-state index contributed by atoms with van der Waals surface area (Å²) in [6.45, 7) is 5.24. The molecule has 1 aliphatic rings. The van der Waals surface area contributed by atoms with Gasteiger partial charge < -0.3 is 19.9 Å². The van der Waals surface area contributed by atoms with Crippen molar-refractivity contribution in [3.8, 4) is 0 Å². The van der Waals surface area contributed by atoms with E-state index in [1.54, 1.807) is 19.1 Å². The van der Waals surface area contributed by atoms with Crippen LogP contribution in [-0.4, -0.2) is 48.8 Å². The Morgan fingerprint density at radius 1 is 1.11 bits per heavy atom. The molecule has 148 valence electrons. The molecule has 1 saturated heterocycles. The SMILES string of the molecule is CCOC(=O)c1ccccc1NC(=S)N1CCN(c2ccc(Cl)c(Cl)c2)CC1. The average molecular weight is 438 g/mol. The summed E-state index contributed by atoms with van der Waals surface area (Å²) in [6, 6.07) is 12.9. The first-order valence-corrected chi connectivity index (χ1v) is 10.2. The van der Waals surface area contributed by atoms with Crippen LogP contribution in [0.1, 0.15) is 17.3 Å². The van der Waals surface area contributed by atoms with Gasteiger partial charge in [-0.05, 0) is 49.5 Å². The fourth-order valence-electron chi connectivity index (χ4n) is 3.02. The molecule has 0 aliphatic carbocycles. The predicted molar refractivity (Wildman–Crippen MR) is 119 cm³/mol. The maximum atomic E-state index is 12.1. The van der Waals surface area contributed by atoms with Crippen molar-refractivity contribution >= 4 is 57.9 Å². The molecule has 0 spiro atoms. The zero-order chi connectivity index (χ0) is 20.1. The van der Waals surface area contributed by atoms with Gasteiger partial charge >= 0.3 is 5.97 Å². The summed E-state index contributed by atoms with van der Waals surface area (Å²) in [5.41, 5.74) is 2.17. The van der Waals surface area contributed by atoms with Gasteiger partial charge in [0, 0.05) is 31.9 Å². The van der Waals surface area contributed by atoms with Crippen molar-refractivity contribution in [1.82, 2.24) is 4.90 Å². The fraction of sp³-hybridized carbons (Fsp3) is 0.300. The molecule has 0 amide bonds. The molecule has 0 unspecified atom stereocenters. The van der Waals surface area contributed by atoms with Crippen LogP contribution in [0.2, 0.25) is 10.0 Å². The lowest BCUT2D eigenvalue weighted by molar-refractivity contribution is 0.0527. The van der Waals surface area contributed by atoms with E-state index in [2.05, 4.69) is 15.1 Å². The van der Waals surface area contributed by atoms with Crippen LogP contribution in [0.3, 0.4) is 0 Å². The first-order valence-electron chi connectivity index (χ1n) is 9.01. The number of nitrogens with zero attached hydrogens (tertiary/aromatic N) is 2. The monoisotopic (exact) mass is 437 g/mol. The molecule has 0 atom stereocenters. The van der Waals surface area contributed by atoms with E-state index in [1.807, 2.05) is 30.3 Å². The van der Waals surface area contributed by atoms with E-state index in [0.29, 0.717) is 33.0 Å². The number of carbonyl (C=O) groups is 1. The van der Waals surface area contributed by atoms with E-state index in [-0.39, 0.29) is 5.97 Å². The Bertz CT molecular complexity index is 870. The van der Waals surface area contributed by atoms with Crippen molar-refractivity contribution in [3.05, 3.63) is 58.1 Å². The minimum Gasteiger partial charge on any atom is -0.462 e. The highest BCUT2D eigenvalue weighted by Crippen LogP contribution is 2.28. The highest BCUT2D eigenvalue weighted by Gasteiger charge is 2.21. The van der Waals surface area contributed by atoms with Crippen LogP contribution >= 0.6 is 35.4 Å². The molecule has 2 aromatic carbocycles. The number of esters is 1. The smallest absolute Gasteiger partial charge is 0.340 e. The molecular formula is C20H21Cl2N3O2S. The standard InChI is InChI=1S/C20H21Cl2N3O2S/c1-2-27-19(26)15-5-3-4-6-18(15)23-20(28)25-11-9-24(10-12-25)14-7-8-16(21)17(22)13-14/h3-8,13H,2,9-12H2,1H3,(H,23,28). The van der Waals surface area contributed by atoms with E-state index in [1.165, 1.54) is 0 Å². The first kappa shape index (κ1) is 20.7. The van der Waals surface area contributed by atoms with E-state index in [0.717, 1.165) is 31.9 Å². The van der Waals surface area contributed by atoms with Gasteiger partial charge in [0.2, 0.25) is 0 Å². The fourth-order valence-corrected chi connectivity index (χ4v) is 3.61. The van der Waals surface area contributed by atoms with Crippen LogP contribution in [0.5, 0.6) is 0 Å². The molecule has 0 radical (unpaired) electrons. The quantitative estimate of drug-likeness (QED) is 0.552. The van der Waals surface area contributed by atoms with Gasteiger partial charge in [0.15, 0.2) is 5.11 Å². The Kier molecular flexibility index (Phi) is 6.99. The molecule has 5 nitrogen and oxygen atoms in total. The molecule has 28 heavy (non-hydrogen) atoms. The first-order chi connectivity index (χ1) is 13.5. The largest absolute Gasteiger partial charge is 0.462 e. The van der Waals surface area contributed by atoms with Crippen molar-refractivity contribution in [2.75, 3.05) is 43.0 Å². The predicted octanol–water partition coefficient (Wildman–Crippen LogP) is 4.69. The number of para-hydroxylation sites is 1. The number of rotatable bonds is 4. The molecule has 3 rings (SSSR count). The zero-order valence-corrected chi connectivity index (χ0v) is 17.8. The third kappa shape index (κ3) is 4.87. The maximum Gasteiger partial charge on any atom is 0.340 e. The number of hydrogen-bond donors (Lipinski definition) is 1. The second kappa shape index (κ2) is 9.45. The molecule has 1 aliphatic heterocycles. The average Bonchev–Trinajstić information content (AvgIpc) is 2.71. The Morgan fingerprint density at radius 3 is 2.50 bits per heavy atom. The van der Waals surface area contributed by atoms with E-state index < -0.39 is 0 Å². The number of anilines is 2. The van der Waals surface area contributed by atoms with Crippen molar-refractivity contribution < 1.29 is 9.53 Å².